The Kier molecular flexibility index (Phi) is 5.53. The van der Waals surface area contributed by atoms with E-state index in [4.69, 9.17) is 5.21 Å². The zero-order chi connectivity index (χ0) is 17.0. The van der Waals surface area contributed by atoms with Crippen LogP contribution in [0.25, 0.3) is 0 Å². The molecule has 1 saturated heterocycles. The molecule has 5 nitrogen and oxygen atoms in total. The van der Waals surface area contributed by atoms with E-state index in [0.717, 1.165) is 12.1 Å². The Hall–Kier alpha value is -1.74. The Morgan fingerprint density at radius 2 is 2.00 bits per heavy atom. The molecule has 1 aromatic rings. The topological polar surface area (TPSA) is 64.9 Å². The van der Waals surface area contributed by atoms with Crippen LogP contribution < -0.4 is 5.32 Å². The fourth-order valence-corrected chi connectivity index (χ4v) is 2.60. The zero-order valence-electron chi connectivity index (χ0n) is 12.0. The number of alkyl halides is 3. The molecule has 0 amide bonds. The van der Waals surface area contributed by atoms with Crippen LogP contribution in [0.4, 0.5) is 18.9 Å². The highest BCUT2D eigenvalue weighted by Gasteiger charge is 2.31. The molecule has 1 fully saturated rings. The number of rotatable bonds is 3. The SMILES string of the molecule is O=C(/C(=N/O)Nc1cccc(C(F)(F)F)c1)C1CCN(S)CC1. The molecule has 0 spiro atoms. The van der Waals surface area contributed by atoms with Crippen LogP contribution in [0, 0.1) is 5.92 Å². The second-order valence-corrected chi connectivity index (χ2v) is 5.81. The fourth-order valence-electron chi connectivity index (χ4n) is 2.37. The monoisotopic (exact) mass is 347 g/mol. The summed E-state index contributed by atoms with van der Waals surface area (Å²) in [6.07, 6.45) is -3.39. The van der Waals surface area contributed by atoms with E-state index < -0.39 is 17.5 Å². The molecule has 0 atom stereocenters. The Labute approximate surface area is 136 Å². The number of carbonyl (C=O) groups excluding carboxylic acids is 1. The van der Waals surface area contributed by atoms with Gasteiger partial charge >= 0.3 is 6.18 Å². The number of oxime groups is 1. The third-order valence-electron chi connectivity index (χ3n) is 3.63. The first-order chi connectivity index (χ1) is 10.8. The highest BCUT2D eigenvalue weighted by molar-refractivity contribution is 7.77. The van der Waals surface area contributed by atoms with Crippen molar-refractivity contribution in [2.45, 2.75) is 19.0 Å². The number of hydrogen-bond acceptors (Lipinski definition) is 5. The van der Waals surface area contributed by atoms with Crippen molar-refractivity contribution >= 4 is 30.1 Å². The molecular formula is C14H16F3N3O2S. The van der Waals surface area contributed by atoms with E-state index in [1.165, 1.54) is 12.1 Å². The van der Waals surface area contributed by atoms with Crippen molar-refractivity contribution in [3.8, 4) is 0 Å². The molecule has 126 valence electrons. The average Bonchev–Trinajstić information content (AvgIpc) is 2.52. The van der Waals surface area contributed by atoms with Crippen molar-refractivity contribution < 1.29 is 23.2 Å². The molecule has 0 aromatic heterocycles. The van der Waals surface area contributed by atoms with Crippen LogP contribution in [0.15, 0.2) is 29.4 Å². The van der Waals surface area contributed by atoms with Gasteiger partial charge in [0, 0.05) is 24.7 Å². The lowest BCUT2D eigenvalue weighted by molar-refractivity contribution is -0.137. The summed E-state index contributed by atoms with van der Waals surface area (Å²) in [6, 6.07) is 4.36. The Morgan fingerprint density at radius 1 is 1.35 bits per heavy atom. The molecular weight excluding hydrogens is 331 g/mol. The minimum Gasteiger partial charge on any atom is -0.409 e. The van der Waals surface area contributed by atoms with Gasteiger partial charge in [0.15, 0.2) is 0 Å². The number of hydrogen-bond donors (Lipinski definition) is 3. The molecule has 23 heavy (non-hydrogen) atoms. The summed E-state index contributed by atoms with van der Waals surface area (Å²) >= 11 is 4.18. The molecule has 1 heterocycles. The number of halogens is 3. The van der Waals surface area contributed by atoms with Crippen LogP contribution in [0.2, 0.25) is 0 Å². The summed E-state index contributed by atoms with van der Waals surface area (Å²) in [5.74, 6) is -1.13. The van der Waals surface area contributed by atoms with E-state index in [-0.39, 0.29) is 17.4 Å². The maximum atomic E-state index is 12.7. The van der Waals surface area contributed by atoms with Gasteiger partial charge in [-0.3, -0.25) is 9.10 Å². The van der Waals surface area contributed by atoms with Gasteiger partial charge in [-0.15, -0.1) is 0 Å². The molecule has 2 rings (SSSR count). The number of thiol groups is 1. The first-order valence-electron chi connectivity index (χ1n) is 6.95. The van der Waals surface area contributed by atoms with Crippen LogP contribution in [-0.2, 0) is 11.0 Å². The molecule has 2 N–H and O–H groups in total. The molecule has 9 heteroatoms. The number of amidine groups is 1. The quantitative estimate of drug-likeness (QED) is 0.259. The molecule has 0 radical (unpaired) electrons. The van der Waals surface area contributed by atoms with E-state index in [9.17, 15) is 18.0 Å². The first kappa shape index (κ1) is 17.6. The van der Waals surface area contributed by atoms with Crippen LogP contribution >= 0.6 is 12.8 Å². The second kappa shape index (κ2) is 7.22. The second-order valence-electron chi connectivity index (χ2n) is 5.24. The number of benzene rings is 1. The van der Waals surface area contributed by atoms with Gasteiger partial charge in [-0.05, 0) is 31.0 Å². The normalized spacial score (nSPS) is 18.0. The van der Waals surface area contributed by atoms with E-state index in [2.05, 4.69) is 23.3 Å². The maximum absolute atomic E-state index is 12.7. The van der Waals surface area contributed by atoms with E-state index >= 15 is 0 Å². The third kappa shape index (κ3) is 4.61. The minimum absolute atomic E-state index is 0.0348. The lowest BCUT2D eigenvalue weighted by Crippen LogP contribution is -2.36. The highest BCUT2D eigenvalue weighted by Crippen LogP contribution is 2.30. The van der Waals surface area contributed by atoms with E-state index in [1.54, 1.807) is 4.31 Å². The summed E-state index contributed by atoms with van der Waals surface area (Å²) in [5, 5.41) is 14.4. The Bertz CT molecular complexity index is 599. The molecule has 0 aliphatic carbocycles. The van der Waals surface area contributed by atoms with Gasteiger partial charge in [0.1, 0.15) is 0 Å². The Morgan fingerprint density at radius 3 is 2.57 bits per heavy atom. The van der Waals surface area contributed by atoms with Gasteiger partial charge in [-0.2, -0.15) is 13.2 Å². The predicted molar refractivity (Wildman–Crippen MR) is 82.6 cm³/mol. The summed E-state index contributed by atoms with van der Waals surface area (Å²) in [6.45, 7) is 1.23. The third-order valence-corrected chi connectivity index (χ3v) is 4.03. The van der Waals surface area contributed by atoms with Gasteiger partial charge in [-0.25, -0.2) is 0 Å². The smallest absolute Gasteiger partial charge is 0.409 e. The number of nitrogens with one attached hydrogen (secondary N) is 1. The summed E-state index contributed by atoms with van der Waals surface area (Å²) in [4.78, 5) is 12.3. The van der Waals surface area contributed by atoms with Crippen molar-refractivity contribution in [3.63, 3.8) is 0 Å². The van der Waals surface area contributed by atoms with Crippen LogP contribution in [0.1, 0.15) is 18.4 Å². The van der Waals surface area contributed by atoms with Crippen molar-refractivity contribution in [2.75, 3.05) is 18.4 Å². The molecule has 0 unspecified atom stereocenters. The largest absolute Gasteiger partial charge is 0.416 e. The number of ketones is 1. The number of piperidine rings is 1. The lowest BCUT2D eigenvalue weighted by atomic mass is 9.93. The summed E-state index contributed by atoms with van der Waals surface area (Å²) < 4.78 is 39.8. The fraction of sp³-hybridized carbons (Fsp3) is 0.429. The zero-order valence-corrected chi connectivity index (χ0v) is 12.9. The number of nitrogens with zero attached hydrogens (tertiary/aromatic N) is 2. The highest BCUT2D eigenvalue weighted by atomic mass is 32.1. The Balaban J connectivity index is 2.09. The van der Waals surface area contributed by atoms with Crippen LogP contribution in [0.5, 0.6) is 0 Å². The average molecular weight is 347 g/mol. The number of anilines is 1. The van der Waals surface area contributed by atoms with E-state index in [1.807, 2.05) is 0 Å². The standard InChI is InChI=1S/C14H16F3N3O2S/c15-14(16,17)10-2-1-3-11(8-10)18-13(19-22)12(21)9-4-6-20(23)7-5-9/h1-3,8-9,22-23H,4-7H2,(H,18,19). The molecule has 1 aliphatic rings. The lowest BCUT2D eigenvalue weighted by Gasteiger charge is -2.27. The molecule has 1 aromatic carbocycles. The van der Waals surface area contributed by atoms with Crippen molar-refractivity contribution in [1.29, 1.82) is 0 Å². The maximum Gasteiger partial charge on any atom is 0.416 e. The van der Waals surface area contributed by atoms with Gasteiger partial charge < -0.3 is 10.5 Å². The van der Waals surface area contributed by atoms with Crippen LogP contribution in [-0.4, -0.2) is 34.2 Å². The molecule has 1 aliphatic heterocycles. The molecule has 0 saturated carbocycles. The van der Waals surface area contributed by atoms with Gasteiger partial charge in [0.2, 0.25) is 11.6 Å². The number of Topliss-reactive ketones (excluding diaryl/α,β-unsaturated/α-hetero) is 1. The van der Waals surface area contributed by atoms with Crippen molar-refractivity contribution in [1.82, 2.24) is 4.31 Å². The first-order valence-corrected chi connectivity index (χ1v) is 7.35. The van der Waals surface area contributed by atoms with Crippen molar-refractivity contribution in [3.05, 3.63) is 29.8 Å². The summed E-state index contributed by atoms with van der Waals surface area (Å²) in [7, 11) is 0. The number of carbonyl (C=O) groups is 1. The predicted octanol–water partition coefficient (Wildman–Crippen LogP) is 3.03. The van der Waals surface area contributed by atoms with E-state index in [0.29, 0.717) is 25.9 Å². The molecule has 0 bridgehead atoms. The van der Waals surface area contributed by atoms with Gasteiger partial charge in [0.25, 0.3) is 0 Å². The minimum atomic E-state index is -4.49. The van der Waals surface area contributed by atoms with Crippen LogP contribution in [0.3, 0.4) is 0 Å². The van der Waals surface area contributed by atoms with Gasteiger partial charge in [0.05, 0.1) is 5.56 Å². The van der Waals surface area contributed by atoms with Crippen molar-refractivity contribution in [2.24, 2.45) is 11.1 Å². The summed E-state index contributed by atoms with van der Waals surface area (Å²) in [5.41, 5.74) is -0.816. The van der Waals surface area contributed by atoms with Gasteiger partial charge in [-0.1, -0.05) is 24.0 Å².